The third kappa shape index (κ3) is 4.01. The van der Waals surface area contributed by atoms with Gasteiger partial charge in [-0.2, -0.15) is 18.4 Å². The van der Waals surface area contributed by atoms with Crippen molar-refractivity contribution in [2.75, 3.05) is 6.54 Å². The number of H-pyrrole nitrogens is 1. The number of rotatable bonds is 3. The molecule has 1 amide bonds. The van der Waals surface area contributed by atoms with Crippen LogP contribution in [0.5, 0.6) is 0 Å². The number of alkyl halides is 3. The summed E-state index contributed by atoms with van der Waals surface area (Å²) in [5, 5.41) is 9.12. The number of benzene rings is 3. The van der Waals surface area contributed by atoms with Crippen molar-refractivity contribution < 1.29 is 18.0 Å². The third-order valence-electron chi connectivity index (χ3n) is 6.94. The minimum absolute atomic E-state index is 0.172. The monoisotopic (exact) mass is 488 g/mol. The van der Waals surface area contributed by atoms with Crippen LogP contribution in [0.2, 0.25) is 0 Å². The summed E-state index contributed by atoms with van der Waals surface area (Å²) >= 11 is 0. The van der Waals surface area contributed by atoms with Gasteiger partial charge in [-0.05, 0) is 74.2 Å². The molecule has 1 atom stereocenters. The molecule has 1 N–H and O–H groups in total. The standard InChI is InChI=1S/C28H23F3N4O/c1-17-4-10-21(19-7-5-18(16-32)6-8-19)22(14-17)25(36)35-13-3-12-27(35,2)26-33-23-11-9-20(28(29,30)31)15-24(23)34-26/h4-11,14-15H,3,12-13H2,1-2H3,(H,33,34). The molecule has 36 heavy (non-hydrogen) atoms. The van der Waals surface area contributed by atoms with Gasteiger partial charge in [0.05, 0.1) is 33.8 Å². The van der Waals surface area contributed by atoms with Crippen molar-refractivity contribution in [3.63, 3.8) is 0 Å². The van der Waals surface area contributed by atoms with E-state index >= 15 is 0 Å². The van der Waals surface area contributed by atoms with Crippen LogP contribution in [-0.4, -0.2) is 27.3 Å². The average molecular weight is 489 g/mol. The van der Waals surface area contributed by atoms with Crippen molar-refractivity contribution in [2.45, 2.75) is 38.4 Å². The van der Waals surface area contributed by atoms with Crippen LogP contribution in [0.25, 0.3) is 22.2 Å². The van der Waals surface area contributed by atoms with E-state index in [4.69, 9.17) is 5.26 Å². The summed E-state index contributed by atoms with van der Waals surface area (Å²) in [5.74, 6) is 0.296. The van der Waals surface area contributed by atoms with Crippen LogP contribution in [-0.2, 0) is 11.7 Å². The van der Waals surface area contributed by atoms with Crippen LogP contribution in [0.4, 0.5) is 13.2 Å². The number of nitriles is 1. The first-order chi connectivity index (χ1) is 17.1. The second kappa shape index (κ2) is 8.52. The highest BCUT2D eigenvalue weighted by Crippen LogP contribution is 2.40. The van der Waals surface area contributed by atoms with E-state index in [1.165, 1.54) is 6.07 Å². The summed E-state index contributed by atoms with van der Waals surface area (Å²) in [6.07, 6.45) is -3.08. The Hall–Kier alpha value is -4.12. The number of nitrogens with zero attached hydrogens (tertiary/aromatic N) is 3. The van der Waals surface area contributed by atoms with Gasteiger partial charge in [0.25, 0.3) is 5.91 Å². The molecular formula is C28H23F3N4O. The number of hydrogen-bond acceptors (Lipinski definition) is 3. The highest BCUT2D eigenvalue weighted by molar-refractivity contribution is 6.01. The molecule has 1 aromatic heterocycles. The summed E-state index contributed by atoms with van der Waals surface area (Å²) in [6.45, 7) is 4.32. The molecule has 1 saturated heterocycles. The number of fused-ring (bicyclic) bond motifs is 1. The summed E-state index contributed by atoms with van der Waals surface area (Å²) < 4.78 is 39.6. The summed E-state index contributed by atoms with van der Waals surface area (Å²) in [5.41, 5.74) is 2.72. The van der Waals surface area contributed by atoms with Crippen molar-refractivity contribution in [1.29, 1.82) is 5.26 Å². The predicted octanol–water partition coefficient (Wildman–Crippen LogP) is 6.58. The molecule has 2 heterocycles. The van der Waals surface area contributed by atoms with Gasteiger partial charge < -0.3 is 9.88 Å². The van der Waals surface area contributed by atoms with E-state index in [2.05, 4.69) is 16.0 Å². The number of amides is 1. The van der Waals surface area contributed by atoms with Gasteiger partial charge in [-0.3, -0.25) is 4.79 Å². The zero-order valence-electron chi connectivity index (χ0n) is 19.8. The number of likely N-dealkylation sites (tertiary alicyclic amines) is 1. The van der Waals surface area contributed by atoms with E-state index in [1.807, 2.05) is 44.2 Å². The molecule has 1 fully saturated rings. The molecule has 5 nitrogen and oxygen atoms in total. The van der Waals surface area contributed by atoms with E-state index in [0.717, 1.165) is 35.2 Å². The Morgan fingerprint density at radius 3 is 2.56 bits per heavy atom. The first-order valence-electron chi connectivity index (χ1n) is 11.6. The lowest BCUT2D eigenvalue weighted by Gasteiger charge is -2.34. The van der Waals surface area contributed by atoms with Crippen LogP contribution in [0.3, 0.4) is 0 Å². The van der Waals surface area contributed by atoms with Gasteiger partial charge in [0.2, 0.25) is 0 Å². The molecular weight excluding hydrogens is 465 g/mol. The van der Waals surface area contributed by atoms with Gasteiger partial charge in [0.15, 0.2) is 0 Å². The average Bonchev–Trinajstić information content (AvgIpc) is 3.47. The molecule has 1 aliphatic rings. The number of aromatic amines is 1. The topological polar surface area (TPSA) is 72.8 Å². The Balaban J connectivity index is 1.55. The number of halogens is 3. The highest BCUT2D eigenvalue weighted by atomic mass is 19.4. The molecule has 0 radical (unpaired) electrons. The molecule has 5 rings (SSSR count). The maximum atomic E-state index is 14.0. The van der Waals surface area contributed by atoms with Gasteiger partial charge in [0, 0.05) is 12.1 Å². The fourth-order valence-electron chi connectivity index (χ4n) is 4.93. The summed E-state index contributed by atoms with van der Waals surface area (Å²) in [6, 6.07) is 18.3. The van der Waals surface area contributed by atoms with Gasteiger partial charge in [-0.25, -0.2) is 4.98 Å². The SMILES string of the molecule is Cc1ccc(-c2ccc(C#N)cc2)c(C(=O)N2CCCC2(C)c2nc3ccc(C(F)(F)F)cc3[nH]2)c1. The normalized spacial score (nSPS) is 17.9. The van der Waals surface area contributed by atoms with Crippen molar-refractivity contribution in [2.24, 2.45) is 0 Å². The number of hydrogen-bond donors (Lipinski definition) is 1. The van der Waals surface area contributed by atoms with E-state index in [9.17, 15) is 18.0 Å². The fraction of sp³-hybridized carbons (Fsp3) is 0.250. The number of nitrogens with one attached hydrogen (secondary N) is 1. The molecule has 182 valence electrons. The number of imidazole rings is 1. The zero-order valence-corrected chi connectivity index (χ0v) is 19.8. The fourth-order valence-corrected chi connectivity index (χ4v) is 4.93. The maximum absolute atomic E-state index is 14.0. The van der Waals surface area contributed by atoms with E-state index in [0.29, 0.717) is 35.4 Å². The third-order valence-corrected chi connectivity index (χ3v) is 6.94. The number of aromatic nitrogens is 2. The van der Waals surface area contributed by atoms with Crippen molar-refractivity contribution in [1.82, 2.24) is 14.9 Å². The largest absolute Gasteiger partial charge is 0.416 e. The van der Waals surface area contributed by atoms with Crippen molar-refractivity contribution in [3.8, 4) is 17.2 Å². The Labute approximate surface area is 206 Å². The van der Waals surface area contributed by atoms with Gasteiger partial charge in [-0.1, -0.05) is 29.8 Å². The summed E-state index contributed by atoms with van der Waals surface area (Å²) in [7, 11) is 0. The molecule has 0 bridgehead atoms. The minimum Gasteiger partial charge on any atom is -0.340 e. The minimum atomic E-state index is -4.45. The number of carbonyl (C=O) groups is 1. The number of aryl methyl sites for hydroxylation is 1. The zero-order chi connectivity index (χ0) is 25.7. The Kier molecular flexibility index (Phi) is 5.59. The molecule has 0 aliphatic carbocycles. The van der Waals surface area contributed by atoms with Gasteiger partial charge in [-0.15, -0.1) is 0 Å². The summed E-state index contributed by atoms with van der Waals surface area (Å²) in [4.78, 5) is 23.4. The van der Waals surface area contributed by atoms with Crippen LogP contribution >= 0.6 is 0 Å². The molecule has 4 aromatic rings. The van der Waals surface area contributed by atoms with Crippen molar-refractivity contribution in [3.05, 3.63) is 88.7 Å². The smallest absolute Gasteiger partial charge is 0.340 e. The molecule has 8 heteroatoms. The molecule has 0 saturated carbocycles. The van der Waals surface area contributed by atoms with E-state index in [1.54, 1.807) is 17.0 Å². The molecule has 3 aromatic carbocycles. The van der Waals surface area contributed by atoms with Crippen LogP contribution in [0, 0.1) is 18.3 Å². The Morgan fingerprint density at radius 1 is 1.11 bits per heavy atom. The maximum Gasteiger partial charge on any atom is 0.416 e. The lowest BCUT2D eigenvalue weighted by atomic mass is 9.93. The van der Waals surface area contributed by atoms with Gasteiger partial charge in [0.1, 0.15) is 5.82 Å². The van der Waals surface area contributed by atoms with Crippen molar-refractivity contribution >= 4 is 16.9 Å². The second-order valence-corrected chi connectivity index (χ2v) is 9.39. The molecule has 1 aliphatic heterocycles. The first kappa shape index (κ1) is 23.6. The van der Waals surface area contributed by atoms with E-state index < -0.39 is 17.3 Å². The molecule has 1 unspecified atom stereocenters. The van der Waals surface area contributed by atoms with Crippen LogP contribution in [0.15, 0.2) is 60.7 Å². The van der Waals surface area contributed by atoms with Crippen LogP contribution in [0.1, 0.15) is 52.6 Å². The number of carbonyl (C=O) groups excluding carboxylic acids is 1. The first-order valence-corrected chi connectivity index (χ1v) is 11.6. The van der Waals surface area contributed by atoms with Crippen LogP contribution < -0.4 is 0 Å². The predicted molar refractivity (Wildman–Crippen MR) is 130 cm³/mol. The highest BCUT2D eigenvalue weighted by Gasteiger charge is 2.44. The Bertz CT molecular complexity index is 1510. The Morgan fingerprint density at radius 2 is 1.86 bits per heavy atom. The molecule has 0 spiro atoms. The van der Waals surface area contributed by atoms with Gasteiger partial charge >= 0.3 is 6.18 Å². The lowest BCUT2D eigenvalue weighted by Crippen LogP contribution is -2.43. The van der Waals surface area contributed by atoms with E-state index in [-0.39, 0.29) is 11.4 Å². The lowest BCUT2D eigenvalue weighted by molar-refractivity contribution is -0.137. The second-order valence-electron chi connectivity index (χ2n) is 9.39. The quantitative estimate of drug-likeness (QED) is 0.354.